The molecule has 1 fully saturated rings. The van der Waals surface area contributed by atoms with Crippen molar-refractivity contribution >= 4 is 17.4 Å². The maximum absolute atomic E-state index is 12.8. The number of ether oxygens (including phenoxy) is 1. The van der Waals surface area contributed by atoms with Gasteiger partial charge in [0, 0.05) is 31.7 Å². The van der Waals surface area contributed by atoms with Gasteiger partial charge in [0.25, 0.3) is 5.91 Å². The largest absolute Gasteiger partial charge is 0.454 e. The average molecular weight is 451 g/mol. The highest BCUT2D eigenvalue weighted by atomic mass is 19.4. The maximum Gasteiger partial charge on any atom is 0.416 e. The Balaban J connectivity index is 1.35. The van der Waals surface area contributed by atoms with Crippen molar-refractivity contribution in [1.82, 2.24) is 9.80 Å². The smallest absolute Gasteiger partial charge is 0.416 e. The van der Waals surface area contributed by atoms with Crippen LogP contribution in [0.1, 0.15) is 21.5 Å². The molecule has 2 heterocycles. The quantitative estimate of drug-likeness (QED) is 0.501. The molecular weight excluding hydrogens is 431 g/mol. The molecule has 0 N–H and O–H groups in total. The number of hydrogen-bond acceptors (Lipinski definition) is 4. The molecule has 8 heteroatoms. The van der Waals surface area contributed by atoms with Gasteiger partial charge in [-0.3, -0.25) is 4.79 Å². The Labute approximate surface area is 188 Å². The lowest BCUT2D eigenvalue weighted by atomic mass is 10.1. The van der Waals surface area contributed by atoms with E-state index in [-0.39, 0.29) is 11.5 Å². The summed E-state index contributed by atoms with van der Waals surface area (Å²) in [6, 6.07) is 19.6. The number of halogens is 3. The van der Waals surface area contributed by atoms with Crippen molar-refractivity contribution in [2.75, 3.05) is 26.2 Å². The molecule has 0 unspecified atom stereocenters. The number of aliphatic imine (C=N–C) groups is 1. The van der Waals surface area contributed by atoms with Gasteiger partial charge in [0.1, 0.15) is 17.3 Å². The van der Waals surface area contributed by atoms with E-state index in [1.807, 2.05) is 48.5 Å². The van der Waals surface area contributed by atoms with Crippen LogP contribution in [0.4, 0.5) is 18.9 Å². The number of amidine groups is 1. The standard InChI is InChI=1S/C25H20F3N3O2/c26-25(27,28)18-11-9-17(10-12-18)24(32)31-15-13-30(14-16-31)23-19-5-1-3-7-21(19)33-22-8-4-2-6-20(22)29-23/h1-12H,13-16H2. The molecule has 5 rings (SSSR count). The second-order valence-corrected chi connectivity index (χ2v) is 7.86. The molecule has 0 aromatic heterocycles. The van der Waals surface area contributed by atoms with Gasteiger partial charge in [0.15, 0.2) is 5.75 Å². The number of alkyl halides is 3. The fourth-order valence-corrected chi connectivity index (χ4v) is 4.02. The minimum absolute atomic E-state index is 0.246. The van der Waals surface area contributed by atoms with Crippen LogP contribution in [0, 0.1) is 0 Å². The van der Waals surface area contributed by atoms with Crippen molar-refractivity contribution in [1.29, 1.82) is 0 Å². The third kappa shape index (κ3) is 4.16. The first-order valence-electron chi connectivity index (χ1n) is 10.6. The zero-order chi connectivity index (χ0) is 23.0. The van der Waals surface area contributed by atoms with Crippen LogP contribution in [0.25, 0.3) is 0 Å². The van der Waals surface area contributed by atoms with E-state index in [9.17, 15) is 18.0 Å². The van der Waals surface area contributed by atoms with Crippen LogP contribution in [-0.2, 0) is 6.18 Å². The zero-order valence-corrected chi connectivity index (χ0v) is 17.5. The predicted molar refractivity (Wildman–Crippen MR) is 118 cm³/mol. The van der Waals surface area contributed by atoms with Gasteiger partial charge in [-0.1, -0.05) is 24.3 Å². The van der Waals surface area contributed by atoms with E-state index in [1.54, 1.807) is 4.90 Å². The summed E-state index contributed by atoms with van der Waals surface area (Å²) in [4.78, 5) is 21.5. The third-order valence-corrected chi connectivity index (χ3v) is 5.77. The van der Waals surface area contributed by atoms with Gasteiger partial charge < -0.3 is 14.5 Å². The predicted octanol–water partition coefficient (Wildman–Crippen LogP) is 5.35. The van der Waals surface area contributed by atoms with Crippen molar-refractivity contribution in [3.05, 3.63) is 89.5 Å². The lowest BCUT2D eigenvalue weighted by Gasteiger charge is -2.36. The van der Waals surface area contributed by atoms with Crippen molar-refractivity contribution in [2.24, 2.45) is 4.99 Å². The molecular formula is C25H20F3N3O2. The van der Waals surface area contributed by atoms with Gasteiger partial charge in [-0.05, 0) is 48.5 Å². The first-order valence-corrected chi connectivity index (χ1v) is 10.6. The van der Waals surface area contributed by atoms with Crippen LogP contribution in [0.3, 0.4) is 0 Å². The topological polar surface area (TPSA) is 45.1 Å². The third-order valence-electron chi connectivity index (χ3n) is 5.77. The van der Waals surface area contributed by atoms with Crippen molar-refractivity contribution in [3.8, 4) is 11.5 Å². The lowest BCUT2D eigenvalue weighted by molar-refractivity contribution is -0.137. The van der Waals surface area contributed by atoms with Gasteiger partial charge in [0.05, 0.1) is 11.1 Å². The molecule has 0 bridgehead atoms. The summed E-state index contributed by atoms with van der Waals surface area (Å²) in [5.74, 6) is 1.89. The van der Waals surface area contributed by atoms with E-state index < -0.39 is 11.7 Å². The van der Waals surface area contributed by atoms with Crippen molar-refractivity contribution < 1.29 is 22.7 Å². The maximum atomic E-state index is 12.8. The number of para-hydroxylation sites is 3. The monoisotopic (exact) mass is 451 g/mol. The van der Waals surface area contributed by atoms with E-state index >= 15 is 0 Å². The molecule has 3 aromatic rings. The number of carbonyl (C=O) groups is 1. The number of benzene rings is 3. The molecule has 2 aliphatic rings. The second kappa shape index (κ2) is 8.27. The summed E-state index contributed by atoms with van der Waals surface area (Å²) in [6.45, 7) is 1.95. The molecule has 0 radical (unpaired) electrons. The van der Waals surface area contributed by atoms with E-state index in [2.05, 4.69) is 4.90 Å². The van der Waals surface area contributed by atoms with Gasteiger partial charge in [-0.25, -0.2) is 4.99 Å². The molecule has 2 aliphatic heterocycles. The molecule has 0 saturated carbocycles. The molecule has 0 aliphatic carbocycles. The number of fused-ring (bicyclic) bond motifs is 2. The van der Waals surface area contributed by atoms with E-state index in [4.69, 9.17) is 9.73 Å². The fourth-order valence-electron chi connectivity index (χ4n) is 4.02. The molecule has 1 amide bonds. The zero-order valence-electron chi connectivity index (χ0n) is 17.5. The normalized spacial score (nSPS) is 15.7. The number of piperazine rings is 1. The minimum Gasteiger partial charge on any atom is -0.454 e. The van der Waals surface area contributed by atoms with Gasteiger partial charge in [0.2, 0.25) is 0 Å². The summed E-state index contributed by atoms with van der Waals surface area (Å²) in [5.41, 5.74) is 1.08. The van der Waals surface area contributed by atoms with Crippen LogP contribution >= 0.6 is 0 Å². The SMILES string of the molecule is O=C(c1ccc(C(F)(F)F)cc1)N1CCN(C2=Nc3ccccc3Oc3ccccc32)CC1. The van der Waals surface area contributed by atoms with Gasteiger partial charge in [-0.2, -0.15) is 13.2 Å². The van der Waals surface area contributed by atoms with Crippen molar-refractivity contribution in [2.45, 2.75) is 6.18 Å². The minimum atomic E-state index is -4.43. The molecule has 1 saturated heterocycles. The molecule has 3 aromatic carbocycles. The second-order valence-electron chi connectivity index (χ2n) is 7.86. The Bertz CT molecular complexity index is 1210. The van der Waals surface area contributed by atoms with Crippen LogP contribution in [0.15, 0.2) is 77.8 Å². The summed E-state index contributed by atoms with van der Waals surface area (Å²) in [5, 5.41) is 0. The Morgan fingerprint density at radius 1 is 0.818 bits per heavy atom. The van der Waals surface area contributed by atoms with Crippen LogP contribution in [0.2, 0.25) is 0 Å². The highest BCUT2D eigenvalue weighted by molar-refractivity contribution is 6.04. The molecule has 0 spiro atoms. The summed E-state index contributed by atoms with van der Waals surface area (Å²) >= 11 is 0. The average Bonchev–Trinajstić information content (AvgIpc) is 3.00. The fraction of sp³-hybridized carbons (Fsp3) is 0.200. The van der Waals surface area contributed by atoms with Crippen LogP contribution in [-0.4, -0.2) is 47.7 Å². The van der Waals surface area contributed by atoms with Crippen LogP contribution < -0.4 is 4.74 Å². The van der Waals surface area contributed by atoms with E-state index in [0.29, 0.717) is 37.7 Å². The highest BCUT2D eigenvalue weighted by Gasteiger charge is 2.31. The van der Waals surface area contributed by atoms with Gasteiger partial charge >= 0.3 is 6.18 Å². The van der Waals surface area contributed by atoms with Crippen molar-refractivity contribution in [3.63, 3.8) is 0 Å². The summed E-state index contributed by atoms with van der Waals surface area (Å²) in [6.07, 6.45) is -4.43. The Hall–Kier alpha value is -3.81. The molecule has 33 heavy (non-hydrogen) atoms. The first-order chi connectivity index (χ1) is 15.9. The van der Waals surface area contributed by atoms with Gasteiger partial charge in [-0.15, -0.1) is 0 Å². The lowest BCUT2D eigenvalue weighted by Crippen LogP contribution is -2.50. The highest BCUT2D eigenvalue weighted by Crippen LogP contribution is 2.38. The molecule has 168 valence electrons. The molecule has 5 nitrogen and oxygen atoms in total. The first kappa shape index (κ1) is 21.1. The van der Waals surface area contributed by atoms with Crippen LogP contribution in [0.5, 0.6) is 11.5 Å². The van der Waals surface area contributed by atoms with E-state index in [1.165, 1.54) is 12.1 Å². The summed E-state index contributed by atoms with van der Waals surface area (Å²) in [7, 11) is 0. The Kier molecular flexibility index (Phi) is 5.28. The number of rotatable bonds is 1. The number of hydrogen-bond donors (Lipinski definition) is 0. The summed E-state index contributed by atoms with van der Waals surface area (Å²) < 4.78 is 44.5. The molecule has 0 atom stereocenters. The number of amides is 1. The number of nitrogens with zero attached hydrogens (tertiary/aromatic N) is 3. The Morgan fingerprint density at radius 3 is 2.15 bits per heavy atom. The van der Waals surface area contributed by atoms with E-state index in [0.717, 1.165) is 29.2 Å². The Morgan fingerprint density at radius 2 is 1.45 bits per heavy atom. The number of carbonyl (C=O) groups excluding carboxylic acids is 1.